The summed E-state index contributed by atoms with van der Waals surface area (Å²) in [6.07, 6.45) is -3.79. The first kappa shape index (κ1) is 23.2. The summed E-state index contributed by atoms with van der Waals surface area (Å²) >= 11 is 1.10. The number of methoxy groups -OCH3 is 1. The molecule has 1 heterocycles. The van der Waals surface area contributed by atoms with E-state index in [1.807, 2.05) is 0 Å². The maximum atomic E-state index is 11.6. The van der Waals surface area contributed by atoms with Crippen LogP contribution in [-0.4, -0.2) is 72.6 Å². The van der Waals surface area contributed by atoms with Crippen molar-refractivity contribution in [3.8, 4) is 0 Å². The molecule has 0 aromatic heterocycles. The van der Waals surface area contributed by atoms with Gasteiger partial charge in [0.15, 0.2) is 18.3 Å². The first-order valence-electron chi connectivity index (χ1n) is 8.19. The summed E-state index contributed by atoms with van der Waals surface area (Å²) in [5, 5.41) is 0. The van der Waals surface area contributed by atoms with Crippen LogP contribution in [0.5, 0.6) is 0 Å². The van der Waals surface area contributed by atoms with E-state index in [2.05, 4.69) is 4.74 Å². The third-order valence-corrected chi connectivity index (χ3v) is 4.84. The smallest absolute Gasteiger partial charge is 0.323 e. The SMILES string of the molecule is COC(=O)[C@@H](N)CS[C@@H]1O[C@@H](C)[C@H](OC(C)=O)[C@@H](OC(C)=O)[C@H]1OC(C)=O. The zero-order valence-electron chi connectivity index (χ0n) is 15.8. The first-order valence-corrected chi connectivity index (χ1v) is 9.23. The molecule has 0 saturated carbocycles. The van der Waals surface area contributed by atoms with Crippen LogP contribution in [0, 0.1) is 0 Å². The Hall–Kier alpha value is -1.85. The Balaban J connectivity index is 3.07. The van der Waals surface area contributed by atoms with Crippen molar-refractivity contribution in [3.05, 3.63) is 0 Å². The third kappa shape index (κ3) is 7.00. The van der Waals surface area contributed by atoms with Gasteiger partial charge in [-0.1, -0.05) is 0 Å². The van der Waals surface area contributed by atoms with Gasteiger partial charge in [0.05, 0.1) is 13.2 Å². The second-order valence-electron chi connectivity index (χ2n) is 5.89. The van der Waals surface area contributed by atoms with Crippen molar-refractivity contribution in [2.45, 2.75) is 63.6 Å². The van der Waals surface area contributed by atoms with Crippen molar-refractivity contribution in [1.82, 2.24) is 0 Å². The van der Waals surface area contributed by atoms with E-state index in [0.29, 0.717) is 0 Å². The number of thioether (sulfide) groups is 1. The second kappa shape index (κ2) is 10.5. The highest BCUT2D eigenvalue weighted by atomic mass is 32.2. The highest BCUT2D eigenvalue weighted by molar-refractivity contribution is 7.99. The standard InChI is InChI=1S/C16H25NO9S/c1-7-12(24-8(2)18)13(25-9(3)19)14(26-10(4)20)16(23-7)27-6-11(17)15(21)22-5/h7,11-14,16H,6,17H2,1-5H3/t7-,11-,12-,13+,14+,16-/m0/s1. The quantitative estimate of drug-likeness (QED) is 0.441. The molecule has 154 valence electrons. The molecular weight excluding hydrogens is 382 g/mol. The molecular formula is C16H25NO9S. The fraction of sp³-hybridized carbons (Fsp3) is 0.750. The van der Waals surface area contributed by atoms with Gasteiger partial charge in [-0.25, -0.2) is 0 Å². The van der Waals surface area contributed by atoms with Crippen LogP contribution in [0.3, 0.4) is 0 Å². The highest BCUT2D eigenvalue weighted by Gasteiger charge is 2.50. The summed E-state index contributed by atoms with van der Waals surface area (Å²) in [6, 6.07) is -0.921. The Morgan fingerprint density at radius 1 is 0.963 bits per heavy atom. The van der Waals surface area contributed by atoms with Gasteiger partial charge < -0.3 is 29.4 Å². The van der Waals surface area contributed by atoms with Gasteiger partial charge in [0.25, 0.3) is 0 Å². The molecule has 10 nitrogen and oxygen atoms in total. The normalized spacial score (nSPS) is 28.6. The number of nitrogens with two attached hydrogens (primary N) is 1. The van der Waals surface area contributed by atoms with Crippen molar-refractivity contribution < 1.29 is 42.9 Å². The summed E-state index contributed by atoms with van der Waals surface area (Å²) in [4.78, 5) is 46.0. The van der Waals surface area contributed by atoms with Gasteiger partial charge in [0, 0.05) is 26.5 Å². The topological polar surface area (TPSA) is 140 Å². The fourth-order valence-corrected chi connectivity index (χ4v) is 3.71. The van der Waals surface area contributed by atoms with Crippen LogP contribution < -0.4 is 5.73 Å². The molecule has 0 spiro atoms. The molecule has 1 rings (SSSR count). The molecule has 1 aliphatic rings. The minimum Gasteiger partial charge on any atom is -0.468 e. The zero-order chi connectivity index (χ0) is 20.7. The molecule has 0 radical (unpaired) electrons. The van der Waals surface area contributed by atoms with Crippen molar-refractivity contribution >= 4 is 35.6 Å². The monoisotopic (exact) mass is 407 g/mol. The van der Waals surface area contributed by atoms with Crippen LogP contribution in [-0.2, 0) is 42.9 Å². The summed E-state index contributed by atoms with van der Waals surface area (Å²) in [6.45, 7) is 5.20. The van der Waals surface area contributed by atoms with Crippen molar-refractivity contribution in [2.75, 3.05) is 12.9 Å². The van der Waals surface area contributed by atoms with E-state index >= 15 is 0 Å². The lowest BCUT2D eigenvalue weighted by Gasteiger charge is -2.43. The molecule has 1 saturated heterocycles. The van der Waals surface area contributed by atoms with Crippen LogP contribution >= 0.6 is 11.8 Å². The summed E-state index contributed by atoms with van der Waals surface area (Å²) in [7, 11) is 1.22. The van der Waals surface area contributed by atoms with E-state index in [1.54, 1.807) is 6.92 Å². The molecule has 0 aromatic carbocycles. The molecule has 2 N–H and O–H groups in total. The molecule has 0 amide bonds. The van der Waals surface area contributed by atoms with E-state index in [-0.39, 0.29) is 5.75 Å². The molecule has 0 bridgehead atoms. The van der Waals surface area contributed by atoms with Gasteiger partial charge in [-0.2, -0.15) is 0 Å². The number of carbonyl (C=O) groups is 4. The van der Waals surface area contributed by atoms with Gasteiger partial charge in [-0.15, -0.1) is 11.8 Å². The molecule has 1 fully saturated rings. The minimum absolute atomic E-state index is 0.104. The van der Waals surface area contributed by atoms with Gasteiger partial charge in [-0.3, -0.25) is 19.2 Å². The van der Waals surface area contributed by atoms with E-state index in [0.717, 1.165) is 11.8 Å². The van der Waals surface area contributed by atoms with Crippen LogP contribution in [0.15, 0.2) is 0 Å². The summed E-state index contributed by atoms with van der Waals surface area (Å²) in [5.74, 6) is -2.39. The maximum absolute atomic E-state index is 11.6. The summed E-state index contributed by atoms with van der Waals surface area (Å²) < 4.78 is 26.2. The Morgan fingerprint density at radius 2 is 1.44 bits per heavy atom. The van der Waals surface area contributed by atoms with Crippen LogP contribution in [0.1, 0.15) is 27.7 Å². The Labute approximate surface area is 161 Å². The molecule has 1 aliphatic heterocycles. The van der Waals surface area contributed by atoms with Crippen LogP contribution in [0.4, 0.5) is 0 Å². The predicted octanol–water partition coefficient (Wildman–Crippen LogP) is -0.240. The van der Waals surface area contributed by atoms with Crippen molar-refractivity contribution in [2.24, 2.45) is 5.73 Å². The predicted molar refractivity (Wildman–Crippen MR) is 93.4 cm³/mol. The number of hydrogen-bond donors (Lipinski definition) is 1. The van der Waals surface area contributed by atoms with Crippen molar-refractivity contribution in [1.29, 1.82) is 0 Å². The Kier molecular flexibility index (Phi) is 9.00. The number of hydrogen-bond acceptors (Lipinski definition) is 11. The lowest BCUT2D eigenvalue weighted by atomic mass is 10.00. The largest absolute Gasteiger partial charge is 0.468 e. The average Bonchev–Trinajstić information content (AvgIpc) is 2.56. The number of esters is 4. The highest BCUT2D eigenvalue weighted by Crippen LogP contribution is 2.34. The molecule has 6 atom stereocenters. The summed E-state index contributed by atoms with van der Waals surface area (Å²) in [5.41, 5.74) is 4.91. The number of rotatable bonds is 7. The van der Waals surface area contributed by atoms with Crippen LogP contribution in [0.25, 0.3) is 0 Å². The zero-order valence-corrected chi connectivity index (χ0v) is 16.6. The Morgan fingerprint density at radius 3 is 1.93 bits per heavy atom. The lowest BCUT2D eigenvalue weighted by Crippen LogP contribution is -2.60. The van der Waals surface area contributed by atoms with E-state index in [1.165, 1.54) is 27.9 Å². The Bertz CT molecular complexity index is 570. The molecule has 0 aliphatic carbocycles. The minimum atomic E-state index is -1.08. The van der Waals surface area contributed by atoms with Crippen LogP contribution in [0.2, 0.25) is 0 Å². The first-order chi connectivity index (χ1) is 12.6. The molecule has 11 heteroatoms. The number of ether oxygens (including phenoxy) is 5. The number of carbonyl (C=O) groups excluding carboxylic acids is 4. The van der Waals surface area contributed by atoms with Gasteiger partial charge in [0.2, 0.25) is 0 Å². The van der Waals surface area contributed by atoms with Gasteiger partial charge in [-0.05, 0) is 6.92 Å². The average molecular weight is 407 g/mol. The molecule has 0 aromatic rings. The second-order valence-corrected chi connectivity index (χ2v) is 7.03. The third-order valence-electron chi connectivity index (χ3n) is 3.58. The molecule has 0 unspecified atom stereocenters. The van der Waals surface area contributed by atoms with Gasteiger partial charge >= 0.3 is 23.9 Å². The van der Waals surface area contributed by atoms with E-state index in [9.17, 15) is 19.2 Å². The van der Waals surface area contributed by atoms with Gasteiger partial charge in [0.1, 0.15) is 11.5 Å². The van der Waals surface area contributed by atoms with Crippen molar-refractivity contribution in [3.63, 3.8) is 0 Å². The van der Waals surface area contributed by atoms with E-state index in [4.69, 9.17) is 24.7 Å². The van der Waals surface area contributed by atoms with E-state index < -0.39 is 59.8 Å². The lowest BCUT2D eigenvalue weighted by molar-refractivity contribution is -0.229. The molecule has 27 heavy (non-hydrogen) atoms. The maximum Gasteiger partial charge on any atom is 0.323 e. The fourth-order valence-electron chi connectivity index (χ4n) is 2.52.